The first-order valence-electron chi connectivity index (χ1n) is 13.5. The number of aromatic nitrogens is 1. The highest BCUT2D eigenvalue weighted by atomic mass is 16.6. The molecule has 6 N–H and O–H groups in total. The molecule has 2 heterocycles. The number of nitrogens with zero attached hydrogens (tertiary/aromatic N) is 3. The monoisotopic (exact) mass is 520 g/mol. The van der Waals surface area contributed by atoms with Crippen molar-refractivity contribution >= 4 is 28.0 Å². The maximum absolute atomic E-state index is 11.7. The Morgan fingerprint density at radius 1 is 0.947 bits per heavy atom. The van der Waals surface area contributed by atoms with Crippen LogP contribution in [0.4, 0.5) is 17.1 Å². The molecule has 1 aliphatic rings. The zero-order valence-electron chi connectivity index (χ0n) is 22.3. The van der Waals surface area contributed by atoms with Crippen LogP contribution in [0.2, 0.25) is 0 Å². The number of pyridine rings is 1. The van der Waals surface area contributed by atoms with Gasteiger partial charge < -0.3 is 27.0 Å². The molecule has 0 amide bonds. The van der Waals surface area contributed by atoms with Crippen LogP contribution in [0, 0.1) is 17.0 Å². The second-order valence-corrected chi connectivity index (χ2v) is 9.94. The molecule has 3 aromatic rings. The minimum Gasteiger partial charge on any atom is -0.398 e. The predicted molar refractivity (Wildman–Crippen MR) is 154 cm³/mol. The van der Waals surface area contributed by atoms with Crippen molar-refractivity contribution in [2.45, 2.75) is 32.9 Å². The van der Waals surface area contributed by atoms with Gasteiger partial charge >= 0.3 is 0 Å². The number of hydrogen-bond acceptors (Lipinski definition) is 9. The van der Waals surface area contributed by atoms with Gasteiger partial charge in [0.25, 0.3) is 5.69 Å². The number of nitro groups is 1. The Bertz CT molecular complexity index is 1200. The molecule has 10 heteroatoms. The Hall–Kier alpha value is -3.31. The number of hydrogen-bond donors (Lipinski definition) is 5. The molecule has 0 atom stereocenters. The summed E-state index contributed by atoms with van der Waals surface area (Å²) in [5.41, 5.74) is 11.5. The van der Waals surface area contributed by atoms with E-state index in [1.165, 1.54) is 0 Å². The summed E-state index contributed by atoms with van der Waals surface area (Å²) in [5, 5.41) is 26.5. The Morgan fingerprint density at radius 3 is 2.47 bits per heavy atom. The van der Waals surface area contributed by atoms with E-state index < -0.39 is 0 Å². The van der Waals surface area contributed by atoms with E-state index in [9.17, 15) is 10.1 Å². The molecule has 38 heavy (non-hydrogen) atoms. The highest BCUT2D eigenvalue weighted by molar-refractivity contribution is 5.92. The number of benzene rings is 2. The normalized spacial score (nSPS) is 16.7. The first-order chi connectivity index (χ1) is 18.5. The summed E-state index contributed by atoms with van der Waals surface area (Å²) in [6, 6.07) is 13.2. The van der Waals surface area contributed by atoms with Crippen LogP contribution in [0.15, 0.2) is 42.5 Å². The van der Waals surface area contributed by atoms with Crippen LogP contribution in [0.3, 0.4) is 0 Å². The third-order valence-corrected chi connectivity index (χ3v) is 6.74. The Labute approximate surface area is 224 Å². The van der Waals surface area contributed by atoms with E-state index in [1.807, 2.05) is 31.2 Å². The van der Waals surface area contributed by atoms with Gasteiger partial charge in [0.2, 0.25) is 0 Å². The second kappa shape index (κ2) is 14.0. The van der Waals surface area contributed by atoms with Crippen molar-refractivity contribution in [3.8, 4) is 0 Å². The molecule has 0 radical (unpaired) electrons. The summed E-state index contributed by atoms with van der Waals surface area (Å²) in [6.45, 7) is 10.7. The number of nitrogens with two attached hydrogens (primary N) is 1. The van der Waals surface area contributed by atoms with Crippen molar-refractivity contribution in [2.75, 3.05) is 63.4 Å². The predicted octanol–water partition coefficient (Wildman–Crippen LogP) is 3.01. The molecule has 0 bridgehead atoms. The second-order valence-electron chi connectivity index (χ2n) is 9.94. The standard InChI is InChI=1S/C28H40N8O2/c1-21-14-27(29)26-18-24(4-5-28(26)34-21)33-19-22-15-23(17-25(16-22)36(37)38)20-35-12-3-8-31-10-9-30-6-2-7-32-11-13-35/h4-5,14-18,30-33H,2-3,6-13,19-20H2,1H3,(H2,29,34). The maximum Gasteiger partial charge on any atom is 0.270 e. The lowest BCUT2D eigenvalue weighted by atomic mass is 10.1. The van der Waals surface area contributed by atoms with Crippen molar-refractivity contribution in [3.05, 3.63) is 69.4 Å². The van der Waals surface area contributed by atoms with Crippen molar-refractivity contribution in [1.82, 2.24) is 25.8 Å². The molecule has 1 fully saturated rings. The summed E-state index contributed by atoms with van der Waals surface area (Å²) >= 11 is 0. The molecule has 1 aromatic heterocycles. The summed E-state index contributed by atoms with van der Waals surface area (Å²) in [7, 11) is 0. The lowest BCUT2D eigenvalue weighted by Gasteiger charge is -2.23. The topological polar surface area (TPSA) is 133 Å². The highest BCUT2D eigenvalue weighted by Gasteiger charge is 2.13. The molecule has 0 aliphatic carbocycles. The summed E-state index contributed by atoms with van der Waals surface area (Å²) in [4.78, 5) is 18.3. The highest BCUT2D eigenvalue weighted by Crippen LogP contribution is 2.25. The van der Waals surface area contributed by atoms with Crippen LogP contribution in [-0.2, 0) is 13.1 Å². The van der Waals surface area contributed by atoms with Gasteiger partial charge in [0.15, 0.2) is 0 Å². The molecule has 0 spiro atoms. The molecule has 0 saturated carbocycles. The van der Waals surface area contributed by atoms with E-state index in [-0.39, 0.29) is 10.6 Å². The molecular formula is C28H40N8O2. The molecule has 1 saturated heterocycles. The van der Waals surface area contributed by atoms with Gasteiger partial charge in [-0.3, -0.25) is 20.0 Å². The van der Waals surface area contributed by atoms with Gasteiger partial charge in [-0.05, 0) is 81.3 Å². The number of fused-ring (bicyclic) bond motifs is 1. The van der Waals surface area contributed by atoms with E-state index in [2.05, 4.69) is 37.2 Å². The van der Waals surface area contributed by atoms with E-state index in [4.69, 9.17) is 5.73 Å². The third kappa shape index (κ3) is 8.35. The van der Waals surface area contributed by atoms with Crippen LogP contribution < -0.4 is 27.0 Å². The van der Waals surface area contributed by atoms with E-state index in [1.54, 1.807) is 12.1 Å². The fraction of sp³-hybridized carbons (Fsp3) is 0.464. The summed E-state index contributed by atoms with van der Waals surface area (Å²) in [6.07, 6.45) is 2.13. The molecule has 204 valence electrons. The zero-order chi connectivity index (χ0) is 26.7. The Kier molecular flexibility index (Phi) is 10.2. The number of nitrogen functional groups attached to an aromatic ring is 1. The van der Waals surface area contributed by atoms with Gasteiger partial charge in [0.1, 0.15) is 0 Å². The Balaban J connectivity index is 1.45. The van der Waals surface area contributed by atoms with Crippen LogP contribution in [-0.4, -0.2) is 67.2 Å². The fourth-order valence-electron chi connectivity index (χ4n) is 4.83. The van der Waals surface area contributed by atoms with Gasteiger partial charge in [0.05, 0.1) is 10.4 Å². The van der Waals surface area contributed by atoms with E-state index in [0.29, 0.717) is 18.8 Å². The minimum atomic E-state index is -0.305. The van der Waals surface area contributed by atoms with E-state index in [0.717, 1.165) is 98.6 Å². The van der Waals surface area contributed by atoms with Gasteiger partial charge in [-0.15, -0.1) is 0 Å². The number of rotatable bonds is 6. The van der Waals surface area contributed by atoms with Gasteiger partial charge in [-0.25, -0.2) is 0 Å². The molecule has 10 nitrogen and oxygen atoms in total. The maximum atomic E-state index is 11.7. The fourth-order valence-corrected chi connectivity index (χ4v) is 4.83. The zero-order valence-corrected chi connectivity index (χ0v) is 22.3. The summed E-state index contributed by atoms with van der Waals surface area (Å²) < 4.78 is 0. The number of non-ortho nitro benzene ring substituents is 1. The van der Waals surface area contributed by atoms with Crippen molar-refractivity contribution in [3.63, 3.8) is 0 Å². The first kappa shape index (κ1) is 27.7. The first-order valence-corrected chi connectivity index (χ1v) is 13.5. The number of aryl methyl sites for hydroxylation is 1. The van der Waals surface area contributed by atoms with E-state index >= 15 is 0 Å². The average molecular weight is 521 g/mol. The van der Waals surface area contributed by atoms with Crippen molar-refractivity contribution in [1.29, 1.82) is 0 Å². The average Bonchev–Trinajstić information content (AvgIpc) is 2.89. The van der Waals surface area contributed by atoms with Gasteiger partial charge in [0, 0.05) is 73.9 Å². The molecule has 0 unspecified atom stereocenters. The van der Waals surface area contributed by atoms with Crippen LogP contribution in [0.1, 0.15) is 29.7 Å². The van der Waals surface area contributed by atoms with Crippen molar-refractivity contribution < 1.29 is 4.92 Å². The van der Waals surface area contributed by atoms with Crippen LogP contribution in [0.5, 0.6) is 0 Å². The smallest absolute Gasteiger partial charge is 0.270 e. The van der Waals surface area contributed by atoms with Crippen LogP contribution >= 0.6 is 0 Å². The SMILES string of the molecule is Cc1cc(N)c2cc(NCc3cc(CN4CCCNCCNCCCNCC4)cc([N+](=O)[O-])c3)ccc2n1. The Morgan fingerprint density at radius 2 is 1.68 bits per heavy atom. The molecule has 2 aromatic carbocycles. The largest absolute Gasteiger partial charge is 0.398 e. The number of nitrogens with one attached hydrogen (secondary N) is 4. The minimum absolute atomic E-state index is 0.121. The van der Waals surface area contributed by atoms with Gasteiger partial charge in [-0.2, -0.15) is 0 Å². The molecule has 4 rings (SSSR count). The molecular weight excluding hydrogens is 480 g/mol. The lowest BCUT2D eigenvalue weighted by Crippen LogP contribution is -2.36. The van der Waals surface area contributed by atoms with Crippen LogP contribution in [0.25, 0.3) is 10.9 Å². The third-order valence-electron chi connectivity index (χ3n) is 6.74. The summed E-state index contributed by atoms with van der Waals surface area (Å²) in [5.74, 6) is 0. The number of anilines is 2. The quantitative estimate of drug-likeness (QED) is 0.246. The van der Waals surface area contributed by atoms with Gasteiger partial charge in [-0.1, -0.05) is 6.07 Å². The molecule has 1 aliphatic heterocycles. The number of nitro benzene ring substituents is 1. The van der Waals surface area contributed by atoms with Crippen molar-refractivity contribution in [2.24, 2.45) is 0 Å². The lowest BCUT2D eigenvalue weighted by molar-refractivity contribution is -0.385.